The van der Waals surface area contributed by atoms with Crippen molar-refractivity contribution in [2.75, 3.05) is 18.0 Å². The van der Waals surface area contributed by atoms with E-state index in [0.717, 1.165) is 12.0 Å². The number of guanidine groups is 1. The van der Waals surface area contributed by atoms with Gasteiger partial charge in [-0.3, -0.25) is 15.2 Å². The van der Waals surface area contributed by atoms with Crippen LogP contribution in [0, 0.1) is 6.92 Å². The first-order chi connectivity index (χ1) is 9.51. The van der Waals surface area contributed by atoms with E-state index in [-0.39, 0.29) is 12.0 Å². The molecule has 5 nitrogen and oxygen atoms in total. The van der Waals surface area contributed by atoms with Crippen molar-refractivity contribution >= 4 is 29.3 Å². The Morgan fingerprint density at radius 3 is 2.70 bits per heavy atom. The molecule has 0 aliphatic rings. The van der Waals surface area contributed by atoms with Gasteiger partial charge in [0.2, 0.25) is 0 Å². The monoisotopic (exact) mass is 296 g/mol. The summed E-state index contributed by atoms with van der Waals surface area (Å²) in [7, 11) is 0. The minimum absolute atomic E-state index is 0.125. The predicted molar refractivity (Wildman–Crippen MR) is 84.5 cm³/mol. The van der Waals surface area contributed by atoms with Crippen molar-refractivity contribution in [3.05, 3.63) is 28.8 Å². The minimum Gasteiger partial charge on any atom is -0.370 e. The summed E-state index contributed by atoms with van der Waals surface area (Å²) in [5.74, 6) is 0.125. The number of carbonyl (C=O) groups excluding carboxylic acids is 1. The highest BCUT2D eigenvalue weighted by Gasteiger charge is 2.19. The van der Waals surface area contributed by atoms with Crippen molar-refractivity contribution in [1.29, 1.82) is 0 Å². The smallest absolute Gasteiger partial charge is 0.328 e. The van der Waals surface area contributed by atoms with Gasteiger partial charge in [0.25, 0.3) is 0 Å². The summed E-state index contributed by atoms with van der Waals surface area (Å²) in [5, 5.41) is 3.11. The van der Waals surface area contributed by atoms with Gasteiger partial charge in [-0.2, -0.15) is 0 Å². The van der Waals surface area contributed by atoms with Gasteiger partial charge in [-0.25, -0.2) is 4.79 Å². The van der Waals surface area contributed by atoms with Gasteiger partial charge in [-0.05, 0) is 31.9 Å². The number of hydrogen-bond acceptors (Lipinski definition) is 2. The fourth-order valence-electron chi connectivity index (χ4n) is 1.82. The molecule has 3 N–H and O–H groups in total. The van der Waals surface area contributed by atoms with Crippen molar-refractivity contribution in [3.8, 4) is 0 Å². The number of aliphatic imine (C=N–C) groups is 1. The van der Waals surface area contributed by atoms with E-state index < -0.39 is 0 Å². The number of benzene rings is 1. The van der Waals surface area contributed by atoms with Gasteiger partial charge < -0.3 is 5.73 Å². The molecule has 0 radical (unpaired) electrons. The second-order valence-corrected chi connectivity index (χ2v) is 4.75. The fraction of sp³-hybridized carbons (Fsp3) is 0.429. The Bertz CT molecular complexity index is 482. The number of carbonyl (C=O) groups is 1. The van der Waals surface area contributed by atoms with Crippen LogP contribution in [0.25, 0.3) is 0 Å². The molecular formula is C14H21ClN4O. The third-order valence-corrected chi connectivity index (χ3v) is 3.07. The molecule has 1 aromatic carbocycles. The summed E-state index contributed by atoms with van der Waals surface area (Å²) >= 11 is 6.18. The highest BCUT2D eigenvalue weighted by molar-refractivity contribution is 6.34. The first-order valence-corrected chi connectivity index (χ1v) is 7.02. The van der Waals surface area contributed by atoms with E-state index in [1.165, 1.54) is 0 Å². The molecule has 0 heterocycles. The minimum atomic E-state index is -0.332. The van der Waals surface area contributed by atoms with Crippen molar-refractivity contribution in [2.24, 2.45) is 10.7 Å². The van der Waals surface area contributed by atoms with E-state index in [4.69, 9.17) is 17.3 Å². The Balaban J connectivity index is 2.93. The number of nitrogens with zero attached hydrogens (tertiary/aromatic N) is 2. The van der Waals surface area contributed by atoms with E-state index >= 15 is 0 Å². The Morgan fingerprint density at radius 2 is 2.15 bits per heavy atom. The summed E-state index contributed by atoms with van der Waals surface area (Å²) in [4.78, 5) is 17.8. The lowest BCUT2D eigenvalue weighted by molar-refractivity contribution is 0.250. The predicted octanol–water partition coefficient (Wildman–Crippen LogP) is 2.91. The first-order valence-electron chi connectivity index (χ1n) is 6.64. The molecular weight excluding hydrogens is 276 g/mol. The molecule has 0 fully saturated rings. The molecule has 6 heteroatoms. The van der Waals surface area contributed by atoms with Crippen molar-refractivity contribution in [3.63, 3.8) is 0 Å². The van der Waals surface area contributed by atoms with Gasteiger partial charge in [0.1, 0.15) is 0 Å². The molecule has 0 aliphatic heterocycles. The van der Waals surface area contributed by atoms with Crippen LogP contribution in [-0.4, -0.2) is 25.1 Å². The number of amides is 2. The number of anilines is 1. The van der Waals surface area contributed by atoms with Gasteiger partial charge in [0.05, 0.1) is 10.7 Å². The fourth-order valence-corrected chi connectivity index (χ4v) is 2.14. The van der Waals surface area contributed by atoms with E-state index in [2.05, 4.69) is 10.3 Å². The maximum Gasteiger partial charge on any atom is 0.328 e. The van der Waals surface area contributed by atoms with Crippen molar-refractivity contribution < 1.29 is 4.79 Å². The molecule has 0 saturated heterocycles. The molecule has 0 saturated carbocycles. The number of nitrogens with two attached hydrogens (primary N) is 1. The Morgan fingerprint density at radius 1 is 1.45 bits per heavy atom. The third kappa shape index (κ3) is 4.13. The van der Waals surface area contributed by atoms with Crippen LogP contribution >= 0.6 is 11.6 Å². The van der Waals surface area contributed by atoms with Crippen LogP contribution in [0.1, 0.15) is 25.8 Å². The zero-order valence-corrected chi connectivity index (χ0v) is 12.9. The molecule has 0 aliphatic carbocycles. The second-order valence-electron chi connectivity index (χ2n) is 4.35. The van der Waals surface area contributed by atoms with E-state index in [1.807, 2.05) is 32.9 Å². The maximum atomic E-state index is 12.2. The van der Waals surface area contributed by atoms with E-state index in [1.54, 1.807) is 11.0 Å². The topological polar surface area (TPSA) is 70.7 Å². The molecule has 0 atom stereocenters. The quantitative estimate of drug-likeness (QED) is 0.662. The lowest BCUT2D eigenvalue weighted by Gasteiger charge is -2.24. The lowest BCUT2D eigenvalue weighted by Crippen LogP contribution is -2.46. The Labute approximate surface area is 124 Å². The van der Waals surface area contributed by atoms with E-state index in [9.17, 15) is 4.79 Å². The maximum absolute atomic E-state index is 12.2. The first kappa shape index (κ1) is 16.3. The van der Waals surface area contributed by atoms with Crippen LogP contribution < -0.4 is 16.0 Å². The number of rotatable bonds is 4. The van der Waals surface area contributed by atoms with Crippen LogP contribution in [-0.2, 0) is 0 Å². The normalized spacial score (nSPS) is 11.3. The molecule has 0 unspecified atom stereocenters. The average molecular weight is 297 g/mol. The van der Waals surface area contributed by atoms with Crippen LogP contribution in [0.3, 0.4) is 0 Å². The standard InChI is InChI=1S/C14H21ClN4O/c1-4-9-17-13(16)18-14(20)19(5-2)12-10(3)7-6-8-11(12)15/h6-8H,4-5,9H2,1-3H3,(H3,16,17,18,20). The van der Waals surface area contributed by atoms with Gasteiger partial charge in [-0.15, -0.1) is 0 Å². The Hall–Kier alpha value is -1.75. The second kappa shape index (κ2) is 7.75. The molecule has 0 spiro atoms. The van der Waals surface area contributed by atoms with Crippen molar-refractivity contribution in [1.82, 2.24) is 5.32 Å². The summed E-state index contributed by atoms with van der Waals surface area (Å²) in [5.41, 5.74) is 7.29. The zero-order valence-electron chi connectivity index (χ0n) is 12.1. The van der Waals surface area contributed by atoms with Crippen LogP contribution in [0.5, 0.6) is 0 Å². The van der Waals surface area contributed by atoms with Crippen LogP contribution in [0.15, 0.2) is 23.2 Å². The number of aryl methyl sites for hydroxylation is 1. The highest BCUT2D eigenvalue weighted by Crippen LogP contribution is 2.29. The molecule has 0 aromatic heterocycles. The van der Waals surface area contributed by atoms with Crippen molar-refractivity contribution in [2.45, 2.75) is 27.2 Å². The molecule has 110 valence electrons. The number of para-hydroxylation sites is 1. The number of halogens is 1. The van der Waals surface area contributed by atoms with Crippen LogP contribution in [0.2, 0.25) is 5.02 Å². The molecule has 2 amide bonds. The summed E-state index contributed by atoms with van der Waals surface area (Å²) < 4.78 is 0. The number of hydrogen-bond donors (Lipinski definition) is 2. The molecule has 20 heavy (non-hydrogen) atoms. The highest BCUT2D eigenvalue weighted by atomic mass is 35.5. The lowest BCUT2D eigenvalue weighted by atomic mass is 10.2. The molecule has 1 rings (SSSR count). The van der Waals surface area contributed by atoms with Gasteiger partial charge >= 0.3 is 6.03 Å². The third-order valence-electron chi connectivity index (χ3n) is 2.76. The summed E-state index contributed by atoms with van der Waals surface area (Å²) in [6.07, 6.45) is 0.873. The average Bonchev–Trinajstić information content (AvgIpc) is 2.40. The van der Waals surface area contributed by atoms with Gasteiger partial charge in [0.15, 0.2) is 5.96 Å². The SMILES string of the molecule is CCCN=C(N)NC(=O)N(CC)c1c(C)cccc1Cl. The van der Waals surface area contributed by atoms with Gasteiger partial charge in [0, 0.05) is 13.1 Å². The largest absolute Gasteiger partial charge is 0.370 e. The molecule has 0 bridgehead atoms. The summed E-state index contributed by atoms with van der Waals surface area (Å²) in [6, 6.07) is 5.19. The van der Waals surface area contributed by atoms with E-state index in [0.29, 0.717) is 23.8 Å². The number of nitrogens with one attached hydrogen (secondary N) is 1. The van der Waals surface area contributed by atoms with Gasteiger partial charge in [-0.1, -0.05) is 30.7 Å². The summed E-state index contributed by atoms with van der Waals surface area (Å²) in [6.45, 7) is 6.85. The zero-order chi connectivity index (χ0) is 15.1. The number of urea groups is 1. The van der Waals surface area contributed by atoms with Crippen LogP contribution in [0.4, 0.5) is 10.5 Å². The molecule has 1 aromatic rings. The Kier molecular flexibility index (Phi) is 6.31.